The molecule has 1 fully saturated rings. The van der Waals surface area contributed by atoms with Gasteiger partial charge in [0.15, 0.2) is 5.84 Å². The van der Waals surface area contributed by atoms with Crippen molar-refractivity contribution >= 4 is 5.84 Å². The summed E-state index contributed by atoms with van der Waals surface area (Å²) in [6.07, 6.45) is 0. The molecule has 0 amide bonds. The highest BCUT2D eigenvalue weighted by Crippen LogP contribution is 2.20. The number of nitrogens with two attached hydrogens (primary N) is 1. The maximum absolute atomic E-state index is 8.75. The summed E-state index contributed by atoms with van der Waals surface area (Å²) in [7, 11) is 2.18. The number of hydrogen-bond acceptors (Lipinski definition) is 4. The first-order valence-electron chi connectivity index (χ1n) is 6.93. The highest BCUT2D eigenvalue weighted by Gasteiger charge is 2.30. The van der Waals surface area contributed by atoms with Crippen LogP contribution < -0.4 is 5.73 Å². The van der Waals surface area contributed by atoms with Crippen molar-refractivity contribution < 1.29 is 5.21 Å². The summed E-state index contributed by atoms with van der Waals surface area (Å²) >= 11 is 0. The van der Waals surface area contributed by atoms with Crippen LogP contribution in [0.25, 0.3) is 0 Å². The summed E-state index contributed by atoms with van der Waals surface area (Å²) in [5, 5.41) is 11.8. The fourth-order valence-electron chi connectivity index (χ4n) is 2.62. The minimum atomic E-state index is 0.158. The Balaban J connectivity index is 2.07. The molecule has 0 spiro atoms. The molecule has 1 saturated heterocycles. The van der Waals surface area contributed by atoms with Crippen molar-refractivity contribution in [2.75, 3.05) is 26.7 Å². The molecule has 1 aliphatic heterocycles. The lowest BCUT2D eigenvalue weighted by Gasteiger charge is -2.45. The van der Waals surface area contributed by atoms with Crippen molar-refractivity contribution in [3.63, 3.8) is 0 Å². The monoisotopic (exact) mass is 276 g/mol. The average molecular weight is 276 g/mol. The maximum atomic E-state index is 8.75. The molecule has 5 heteroatoms. The third-order valence-electron chi connectivity index (χ3n) is 4.13. The first kappa shape index (κ1) is 14.8. The maximum Gasteiger partial charge on any atom is 0.170 e. The third-order valence-corrected chi connectivity index (χ3v) is 4.13. The number of hydrogen-bond donors (Lipinski definition) is 2. The molecule has 20 heavy (non-hydrogen) atoms. The fourth-order valence-corrected chi connectivity index (χ4v) is 2.62. The van der Waals surface area contributed by atoms with Gasteiger partial charge in [-0.2, -0.15) is 0 Å². The molecular formula is C15H24N4O. The smallest absolute Gasteiger partial charge is 0.170 e. The Kier molecular flexibility index (Phi) is 4.30. The van der Waals surface area contributed by atoms with Crippen molar-refractivity contribution in [3.8, 4) is 0 Å². The number of oxime groups is 1. The first-order chi connectivity index (χ1) is 9.42. The predicted molar refractivity (Wildman–Crippen MR) is 80.9 cm³/mol. The fraction of sp³-hybridized carbons (Fsp3) is 0.533. The van der Waals surface area contributed by atoms with Gasteiger partial charge >= 0.3 is 0 Å². The summed E-state index contributed by atoms with van der Waals surface area (Å²) in [5.41, 5.74) is 7.78. The van der Waals surface area contributed by atoms with Crippen LogP contribution in [-0.4, -0.2) is 53.1 Å². The molecule has 3 N–H and O–H groups in total. The van der Waals surface area contributed by atoms with E-state index in [2.05, 4.69) is 41.9 Å². The third kappa shape index (κ3) is 3.29. The van der Waals surface area contributed by atoms with Gasteiger partial charge in [-0.3, -0.25) is 9.80 Å². The normalized spacial score (nSPS) is 21.1. The van der Waals surface area contributed by atoms with Crippen LogP contribution in [0, 0.1) is 0 Å². The topological polar surface area (TPSA) is 65.1 Å². The molecule has 1 heterocycles. The van der Waals surface area contributed by atoms with Gasteiger partial charge in [-0.15, -0.1) is 0 Å². The number of nitrogens with zero attached hydrogens (tertiary/aromatic N) is 3. The Morgan fingerprint density at radius 1 is 1.40 bits per heavy atom. The van der Waals surface area contributed by atoms with Crippen molar-refractivity contribution in [1.82, 2.24) is 9.80 Å². The molecule has 1 aromatic rings. The second-order valence-corrected chi connectivity index (χ2v) is 6.13. The van der Waals surface area contributed by atoms with Crippen LogP contribution in [0.5, 0.6) is 0 Å². The summed E-state index contributed by atoms with van der Waals surface area (Å²) in [5.74, 6) is 0.158. The van der Waals surface area contributed by atoms with Gasteiger partial charge in [0, 0.05) is 37.3 Å². The number of piperazine rings is 1. The van der Waals surface area contributed by atoms with E-state index in [9.17, 15) is 0 Å². The highest BCUT2D eigenvalue weighted by molar-refractivity contribution is 5.97. The molecule has 0 saturated carbocycles. The summed E-state index contributed by atoms with van der Waals surface area (Å²) in [6.45, 7) is 8.61. The van der Waals surface area contributed by atoms with Crippen molar-refractivity contribution in [2.24, 2.45) is 10.9 Å². The Labute approximate surface area is 120 Å². The highest BCUT2D eigenvalue weighted by atomic mass is 16.4. The summed E-state index contributed by atoms with van der Waals surface area (Å²) < 4.78 is 0. The van der Waals surface area contributed by atoms with E-state index in [4.69, 9.17) is 10.9 Å². The van der Waals surface area contributed by atoms with Gasteiger partial charge in [-0.25, -0.2) is 0 Å². The molecule has 1 aliphatic rings. The summed E-state index contributed by atoms with van der Waals surface area (Å²) in [4.78, 5) is 4.85. The van der Waals surface area contributed by atoms with Gasteiger partial charge in [-0.05, 0) is 32.5 Å². The van der Waals surface area contributed by atoms with Gasteiger partial charge in [0.25, 0.3) is 0 Å². The van der Waals surface area contributed by atoms with E-state index in [-0.39, 0.29) is 11.4 Å². The van der Waals surface area contributed by atoms with Crippen LogP contribution >= 0.6 is 0 Å². The van der Waals surface area contributed by atoms with E-state index >= 15 is 0 Å². The zero-order chi connectivity index (χ0) is 14.8. The Morgan fingerprint density at radius 2 is 2.15 bits per heavy atom. The van der Waals surface area contributed by atoms with Gasteiger partial charge in [0.05, 0.1) is 0 Å². The Hall–Kier alpha value is -1.59. The molecule has 0 unspecified atom stereocenters. The van der Waals surface area contributed by atoms with Gasteiger partial charge in [-0.1, -0.05) is 23.4 Å². The second-order valence-electron chi connectivity index (χ2n) is 6.13. The number of benzene rings is 1. The quantitative estimate of drug-likeness (QED) is 0.378. The number of likely N-dealkylation sites (N-methyl/N-ethyl adjacent to an activating group) is 1. The average Bonchev–Trinajstić information content (AvgIpc) is 2.42. The van der Waals surface area contributed by atoms with Crippen LogP contribution in [0.4, 0.5) is 0 Å². The van der Waals surface area contributed by atoms with Crippen molar-refractivity contribution in [3.05, 3.63) is 35.4 Å². The number of amidine groups is 1. The van der Waals surface area contributed by atoms with E-state index in [1.807, 2.05) is 18.2 Å². The van der Waals surface area contributed by atoms with Crippen molar-refractivity contribution in [1.29, 1.82) is 0 Å². The van der Waals surface area contributed by atoms with Crippen LogP contribution in [0.15, 0.2) is 29.4 Å². The summed E-state index contributed by atoms with van der Waals surface area (Å²) in [6, 6.07) is 7.87. The molecule has 1 aromatic carbocycles. The zero-order valence-electron chi connectivity index (χ0n) is 12.5. The van der Waals surface area contributed by atoms with Crippen LogP contribution in [0.2, 0.25) is 0 Å². The molecule has 0 aliphatic carbocycles. The molecular weight excluding hydrogens is 252 g/mol. The van der Waals surface area contributed by atoms with Gasteiger partial charge < -0.3 is 10.9 Å². The predicted octanol–water partition coefficient (Wildman–Crippen LogP) is 1.31. The van der Waals surface area contributed by atoms with Crippen LogP contribution in [0.3, 0.4) is 0 Å². The Bertz CT molecular complexity index is 498. The van der Waals surface area contributed by atoms with Crippen LogP contribution in [0.1, 0.15) is 25.0 Å². The molecule has 5 nitrogen and oxygen atoms in total. The lowest BCUT2D eigenvalue weighted by molar-refractivity contribution is 0.0360. The largest absolute Gasteiger partial charge is 0.409 e. The van der Waals surface area contributed by atoms with E-state index < -0.39 is 0 Å². The standard InChI is InChI=1S/C15H24N4O/c1-15(2)11-19(8-7-18(15)3)10-12-5-4-6-13(9-12)14(16)17-20/h4-6,9,20H,7-8,10-11H2,1-3H3,(H2,16,17). The van der Waals surface area contributed by atoms with E-state index in [0.717, 1.165) is 31.7 Å². The molecule has 0 bridgehead atoms. The minimum Gasteiger partial charge on any atom is -0.409 e. The SMILES string of the molecule is CN1CCN(Cc2cccc(C(N)=NO)c2)CC1(C)C. The molecule has 2 rings (SSSR count). The molecule has 0 radical (unpaired) electrons. The molecule has 0 aromatic heterocycles. The van der Waals surface area contributed by atoms with E-state index in [0.29, 0.717) is 0 Å². The lowest BCUT2D eigenvalue weighted by atomic mass is 9.99. The lowest BCUT2D eigenvalue weighted by Crippen LogP contribution is -2.57. The van der Waals surface area contributed by atoms with E-state index in [1.165, 1.54) is 5.56 Å². The zero-order valence-corrected chi connectivity index (χ0v) is 12.5. The Morgan fingerprint density at radius 3 is 2.80 bits per heavy atom. The van der Waals surface area contributed by atoms with Gasteiger partial charge in [0.1, 0.15) is 0 Å². The second kappa shape index (κ2) is 5.81. The number of rotatable bonds is 3. The van der Waals surface area contributed by atoms with Gasteiger partial charge in [0.2, 0.25) is 0 Å². The van der Waals surface area contributed by atoms with Crippen molar-refractivity contribution in [2.45, 2.75) is 25.9 Å². The minimum absolute atomic E-state index is 0.158. The molecule has 0 atom stereocenters. The van der Waals surface area contributed by atoms with Crippen LogP contribution in [-0.2, 0) is 6.54 Å². The molecule has 110 valence electrons. The van der Waals surface area contributed by atoms with E-state index in [1.54, 1.807) is 0 Å². The first-order valence-corrected chi connectivity index (χ1v) is 6.93.